The lowest BCUT2D eigenvalue weighted by Crippen LogP contribution is -2.28. The zero-order valence-corrected chi connectivity index (χ0v) is 17.3. The number of halogens is 1. The molecule has 0 aliphatic carbocycles. The summed E-state index contributed by atoms with van der Waals surface area (Å²) < 4.78 is 5.33. The van der Waals surface area contributed by atoms with Crippen LogP contribution < -0.4 is 19.9 Å². The van der Waals surface area contributed by atoms with Gasteiger partial charge in [0.1, 0.15) is 5.75 Å². The van der Waals surface area contributed by atoms with Crippen molar-refractivity contribution in [2.45, 2.75) is 19.3 Å². The molecule has 0 radical (unpaired) electrons. The maximum absolute atomic E-state index is 12.7. The first-order valence-electron chi connectivity index (χ1n) is 9.81. The van der Waals surface area contributed by atoms with Crippen molar-refractivity contribution >= 4 is 46.4 Å². The number of nitrogens with zero attached hydrogens (tertiary/aromatic N) is 2. The second kappa shape index (κ2) is 8.36. The molecule has 2 aliphatic rings. The molecule has 0 unspecified atom stereocenters. The molecule has 4 rings (SSSR count). The highest BCUT2D eigenvalue weighted by Crippen LogP contribution is 2.35. The molecule has 2 aromatic carbocycles. The molecule has 8 heteroatoms. The van der Waals surface area contributed by atoms with Crippen molar-refractivity contribution in [3.05, 3.63) is 47.5 Å². The third kappa shape index (κ3) is 3.98. The van der Waals surface area contributed by atoms with Crippen molar-refractivity contribution in [2.75, 3.05) is 35.3 Å². The summed E-state index contributed by atoms with van der Waals surface area (Å²) in [6.45, 7) is 0.971. The fourth-order valence-corrected chi connectivity index (χ4v) is 4.05. The number of hydrogen-bond acceptors (Lipinski definition) is 4. The number of rotatable bonds is 5. The molecule has 0 bridgehead atoms. The summed E-state index contributed by atoms with van der Waals surface area (Å²) in [6, 6.07) is 12.2. The average molecular weight is 428 g/mol. The average Bonchev–Trinajstić information content (AvgIpc) is 3.34. The quantitative estimate of drug-likeness (QED) is 0.792. The smallest absolute Gasteiger partial charge is 0.229 e. The molecular weight excluding hydrogens is 406 g/mol. The molecule has 2 aliphatic heterocycles. The van der Waals surface area contributed by atoms with Crippen LogP contribution in [0.15, 0.2) is 42.5 Å². The Labute approximate surface area is 179 Å². The lowest BCUT2D eigenvalue weighted by atomic mass is 10.1. The van der Waals surface area contributed by atoms with Crippen LogP contribution in [0.1, 0.15) is 19.3 Å². The van der Waals surface area contributed by atoms with E-state index in [0.717, 1.165) is 18.7 Å². The Morgan fingerprint density at radius 3 is 2.53 bits per heavy atom. The number of nitrogens with one attached hydrogen (secondary N) is 1. The van der Waals surface area contributed by atoms with E-state index in [0.29, 0.717) is 28.6 Å². The van der Waals surface area contributed by atoms with Gasteiger partial charge in [-0.2, -0.15) is 0 Å². The number of amides is 3. The van der Waals surface area contributed by atoms with Gasteiger partial charge in [-0.3, -0.25) is 14.4 Å². The lowest BCUT2D eigenvalue weighted by Gasteiger charge is -2.20. The second-order valence-corrected chi connectivity index (χ2v) is 7.84. The van der Waals surface area contributed by atoms with Gasteiger partial charge in [-0.1, -0.05) is 11.6 Å². The number of carbonyl (C=O) groups excluding carboxylic acids is 3. The van der Waals surface area contributed by atoms with Crippen LogP contribution in [0.2, 0.25) is 5.02 Å². The fraction of sp³-hybridized carbons (Fsp3) is 0.318. The molecule has 3 amide bonds. The van der Waals surface area contributed by atoms with E-state index in [1.807, 2.05) is 12.1 Å². The molecule has 30 heavy (non-hydrogen) atoms. The first-order chi connectivity index (χ1) is 14.5. The van der Waals surface area contributed by atoms with E-state index in [-0.39, 0.29) is 30.7 Å². The Morgan fingerprint density at radius 1 is 1.10 bits per heavy atom. The Balaban J connectivity index is 1.43. The van der Waals surface area contributed by atoms with Crippen molar-refractivity contribution < 1.29 is 19.1 Å². The second-order valence-electron chi connectivity index (χ2n) is 7.41. The summed E-state index contributed by atoms with van der Waals surface area (Å²) >= 11 is 6.08. The highest BCUT2D eigenvalue weighted by atomic mass is 35.5. The molecule has 2 aromatic rings. The lowest BCUT2D eigenvalue weighted by molar-refractivity contribution is -0.122. The molecule has 2 fully saturated rings. The Kier molecular flexibility index (Phi) is 5.63. The zero-order valence-electron chi connectivity index (χ0n) is 16.6. The Morgan fingerprint density at radius 2 is 1.87 bits per heavy atom. The van der Waals surface area contributed by atoms with Crippen molar-refractivity contribution in [1.82, 2.24) is 0 Å². The van der Waals surface area contributed by atoms with Crippen molar-refractivity contribution in [3.63, 3.8) is 0 Å². The largest absolute Gasteiger partial charge is 0.495 e. The number of carbonyl (C=O) groups is 3. The molecular formula is C22H22ClN3O4. The Hall–Kier alpha value is -3.06. The van der Waals surface area contributed by atoms with Crippen molar-refractivity contribution in [3.8, 4) is 5.75 Å². The van der Waals surface area contributed by atoms with Gasteiger partial charge in [0.2, 0.25) is 17.7 Å². The van der Waals surface area contributed by atoms with E-state index in [9.17, 15) is 14.4 Å². The minimum Gasteiger partial charge on any atom is -0.495 e. The van der Waals surface area contributed by atoms with Crippen LogP contribution in [0.5, 0.6) is 5.75 Å². The molecule has 2 heterocycles. The summed E-state index contributed by atoms with van der Waals surface area (Å²) in [5.41, 5.74) is 2.01. The molecule has 0 saturated carbocycles. The monoisotopic (exact) mass is 427 g/mol. The van der Waals surface area contributed by atoms with Crippen LogP contribution in [-0.2, 0) is 14.4 Å². The van der Waals surface area contributed by atoms with Crippen LogP contribution in [0.4, 0.5) is 17.1 Å². The summed E-state index contributed by atoms with van der Waals surface area (Å²) in [7, 11) is 1.52. The predicted octanol–water partition coefficient (Wildman–Crippen LogP) is 3.47. The normalized spacial score (nSPS) is 18.8. The summed E-state index contributed by atoms with van der Waals surface area (Å²) in [4.78, 5) is 40.4. The summed E-state index contributed by atoms with van der Waals surface area (Å²) in [5.74, 6) is -0.217. The third-order valence-electron chi connectivity index (χ3n) is 5.45. The van der Waals surface area contributed by atoms with E-state index >= 15 is 0 Å². The van der Waals surface area contributed by atoms with Gasteiger partial charge in [-0.15, -0.1) is 0 Å². The SMILES string of the molecule is COc1ccc(Cl)cc1N1C[C@@H](C(=O)Nc2ccc(N3CCCC3=O)cc2)CC1=O. The van der Waals surface area contributed by atoms with Gasteiger partial charge in [0, 0.05) is 42.3 Å². The topological polar surface area (TPSA) is 79.0 Å². The first kappa shape index (κ1) is 20.2. The van der Waals surface area contributed by atoms with Gasteiger partial charge < -0.3 is 19.9 Å². The molecule has 1 N–H and O–H groups in total. The standard InChI is InChI=1S/C22H22ClN3O4/c1-30-19-9-4-15(23)12-18(19)26-13-14(11-21(26)28)22(29)24-16-5-7-17(8-6-16)25-10-2-3-20(25)27/h4-9,12,14H,2-3,10-11,13H2,1H3,(H,24,29)/t14-/m0/s1. The maximum atomic E-state index is 12.7. The molecule has 1 atom stereocenters. The number of methoxy groups -OCH3 is 1. The minimum absolute atomic E-state index is 0.113. The van der Waals surface area contributed by atoms with Crippen LogP contribution >= 0.6 is 11.6 Å². The highest BCUT2D eigenvalue weighted by Gasteiger charge is 2.36. The number of hydrogen-bond donors (Lipinski definition) is 1. The van der Waals surface area contributed by atoms with Crippen LogP contribution in [0.25, 0.3) is 0 Å². The van der Waals surface area contributed by atoms with E-state index in [1.165, 1.54) is 12.0 Å². The molecule has 0 spiro atoms. The maximum Gasteiger partial charge on any atom is 0.229 e. The van der Waals surface area contributed by atoms with Gasteiger partial charge in [-0.05, 0) is 48.9 Å². The predicted molar refractivity (Wildman–Crippen MR) is 115 cm³/mol. The van der Waals surface area contributed by atoms with Gasteiger partial charge in [0.05, 0.1) is 18.7 Å². The van der Waals surface area contributed by atoms with Gasteiger partial charge in [0.25, 0.3) is 0 Å². The number of ether oxygens (including phenoxy) is 1. The Bertz CT molecular complexity index is 992. The molecule has 2 saturated heterocycles. The third-order valence-corrected chi connectivity index (χ3v) is 5.68. The number of anilines is 3. The van der Waals surface area contributed by atoms with Gasteiger partial charge in [0.15, 0.2) is 0 Å². The fourth-order valence-electron chi connectivity index (χ4n) is 3.88. The molecule has 0 aromatic heterocycles. The van der Waals surface area contributed by atoms with E-state index in [4.69, 9.17) is 16.3 Å². The van der Waals surface area contributed by atoms with Crippen molar-refractivity contribution in [2.24, 2.45) is 5.92 Å². The first-order valence-corrected chi connectivity index (χ1v) is 10.2. The molecule has 156 valence electrons. The van der Waals surface area contributed by atoms with Gasteiger partial charge in [-0.25, -0.2) is 0 Å². The van der Waals surface area contributed by atoms with E-state index < -0.39 is 5.92 Å². The number of benzene rings is 2. The van der Waals surface area contributed by atoms with Gasteiger partial charge >= 0.3 is 0 Å². The van der Waals surface area contributed by atoms with Crippen LogP contribution in [0.3, 0.4) is 0 Å². The van der Waals surface area contributed by atoms with Crippen LogP contribution in [0, 0.1) is 5.92 Å². The molecule has 7 nitrogen and oxygen atoms in total. The minimum atomic E-state index is -0.485. The highest BCUT2D eigenvalue weighted by molar-refractivity contribution is 6.31. The zero-order chi connectivity index (χ0) is 21.3. The van der Waals surface area contributed by atoms with E-state index in [2.05, 4.69) is 5.32 Å². The van der Waals surface area contributed by atoms with E-state index in [1.54, 1.807) is 35.2 Å². The van der Waals surface area contributed by atoms with Crippen molar-refractivity contribution in [1.29, 1.82) is 0 Å². The van der Waals surface area contributed by atoms with Crippen LogP contribution in [-0.4, -0.2) is 37.9 Å². The summed E-state index contributed by atoms with van der Waals surface area (Å²) in [6.07, 6.45) is 1.55. The summed E-state index contributed by atoms with van der Waals surface area (Å²) in [5, 5.41) is 3.36.